The van der Waals surface area contributed by atoms with Gasteiger partial charge in [-0.3, -0.25) is 0 Å². The van der Waals surface area contributed by atoms with Gasteiger partial charge in [0.05, 0.1) is 6.04 Å². The van der Waals surface area contributed by atoms with E-state index < -0.39 is 0 Å². The van der Waals surface area contributed by atoms with Crippen LogP contribution in [0.3, 0.4) is 0 Å². The molecule has 0 amide bonds. The van der Waals surface area contributed by atoms with Crippen LogP contribution in [-0.4, -0.2) is 16.5 Å². The first-order valence-corrected chi connectivity index (χ1v) is 5.75. The Balaban J connectivity index is 2.52. The van der Waals surface area contributed by atoms with Crippen LogP contribution in [0.5, 0.6) is 0 Å². The van der Waals surface area contributed by atoms with E-state index in [9.17, 15) is 0 Å². The third kappa shape index (κ3) is 4.47. The quantitative estimate of drug-likeness (QED) is 0.783. The van der Waals surface area contributed by atoms with Crippen LogP contribution in [-0.2, 0) is 0 Å². The van der Waals surface area contributed by atoms with Crippen LogP contribution in [0.4, 0.5) is 0 Å². The van der Waals surface area contributed by atoms with Crippen LogP contribution in [0.15, 0.2) is 12.4 Å². The fraction of sp³-hybridized carbons (Fsp3) is 0.750. The Morgan fingerprint density at radius 3 is 2.67 bits per heavy atom. The Labute approximate surface area is 92.7 Å². The summed E-state index contributed by atoms with van der Waals surface area (Å²) in [6.45, 7) is 9.94. The maximum absolute atomic E-state index is 4.32. The summed E-state index contributed by atoms with van der Waals surface area (Å²) < 4.78 is 0. The molecule has 1 aromatic heterocycles. The van der Waals surface area contributed by atoms with E-state index in [2.05, 4.69) is 43.0 Å². The summed E-state index contributed by atoms with van der Waals surface area (Å²) in [6.07, 6.45) is 6.03. The van der Waals surface area contributed by atoms with Crippen molar-refractivity contribution in [2.45, 2.75) is 46.6 Å². The van der Waals surface area contributed by atoms with Gasteiger partial charge in [0.2, 0.25) is 0 Å². The molecular weight excluding hydrogens is 186 g/mol. The van der Waals surface area contributed by atoms with Gasteiger partial charge in [-0.25, -0.2) is 4.98 Å². The second-order valence-corrected chi connectivity index (χ2v) is 5.18. The number of nitrogens with zero attached hydrogens (tertiary/aromatic N) is 1. The Morgan fingerprint density at radius 2 is 2.20 bits per heavy atom. The van der Waals surface area contributed by atoms with Gasteiger partial charge in [-0.2, -0.15) is 0 Å². The van der Waals surface area contributed by atoms with Crippen LogP contribution in [0.25, 0.3) is 0 Å². The summed E-state index contributed by atoms with van der Waals surface area (Å²) >= 11 is 0. The van der Waals surface area contributed by atoms with Crippen LogP contribution >= 0.6 is 0 Å². The minimum absolute atomic E-state index is 0.365. The summed E-state index contributed by atoms with van der Waals surface area (Å²) in [5.74, 6) is 1.06. The number of imidazole rings is 1. The summed E-state index contributed by atoms with van der Waals surface area (Å²) in [5.41, 5.74) is 0.389. The van der Waals surface area contributed by atoms with Crippen molar-refractivity contribution >= 4 is 0 Å². The zero-order valence-electron chi connectivity index (χ0n) is 10.3. The molecule has 2 N–H and O–H groups in total. The summed E-state index contributed by atoms with van der Waals surface area (Å²) in [7, 11) is 0. The number of rotatable bonds is 5. The second kappa shape index (κ2) is 5.31. The third-order valence-corrected chi connectivity index (χ3v) is 2.48. The lowest BCUT2D eigenvalue weighted by molar-refractivity contribution is 0.329. The van der Waals surface area contributed by atoms with E-state index in [1.807, 2.05) is 12.4 Å². The molecule has 0 spiro atoms. The lowest BCUT2D eigenvalue weighted by Crippen LogP contribution is -2.23. The first-order valence-electron chi connectivity index (χ1n) is 5.75. The van der Waals surface area contributed by atoms with Crippen molar-refractivity contribution in [1.82, 2.24) is 15.3 Å². The van der Waals surface area contributed by atoms with E-state index >= 15 is 0 Å². The monoisotopic (exact) mass is 209 g/mol. The Bertz CT molecular complexity index is 259. The molecule has 0 aliphatic rings. The van der Waals surface area contributed by atoms with Crippen molar-refractivity contribution in [3.63, 3.8) is 0 Å². The molecule has 86 valence electrons. The van der Waals surface area contributed by atoms with Crippen LogP contribution in [0.1, 0.15) is 52.4 Å². The predicted molar refractivity (Wildman–Crippen MR) is 63.7 cm³/mol. The number of hydrogen-bond donors (Lipinski definition) is 2. The first-order chi connectivity index (χ1) is 7.03. The molecule has 1 rings (SSSR count). The number of hydrogen-bond acceptors (Lipinski definition) is 2. The molecule has 0 aliphatic heterocycles. The summed E-state index contributed by atoms with van der Waals surface area (Å²) in [6, 6.07) is 0.365. The summed E-state index contributed by atoms with van der Waals surface area (Å²) in [4.78, 5) is 7.50. The van der Waals surface area contributed by atoms with Gasteiger partial charge in [0.25, 0.3) is 0 Å². The van der Waals surface area contributed by atoms with Crippen molar-refractivity contribution in [2.75, 3.05) is 6.54 Å². The predicted octanol–water partition coefficient (Wildman–Crippen LogP) is 2.89. The van der Waals surface area contributed by atoms with Crippen molar-refractivity contribution in [3.05, 3.63) is 18.2 Å². The molecular formula is C12H23N3. The number of nitrogens with one attached hydrogen (secondary N) is 2. The molecule has 1 aromatic rings. The molecule has 0 radical (unpaired) electrons. The molecule has 0 aromatic carbocycles. The SMILES string of the molecule is CCNC(CCC(C)(C)C)c1ncc[nH]1. The standard InChI is InChI=1S/C12H23N3/c1-5-13-10(6-7-12(2,3)4)11-14-8-9-15-11/h8-10,13H,5-7H2,1-4H3,(H,14,15). The van der Waals surface area contributed by atoms with Gasteiger partial charge < -0.3 is 10.3 Å². The molecule has 1 heterocycles. The largest absolute Gasteiger partial charge is 0.347 e. The van der Waals surface area contributed by atoms with Crippen molar-refractivity contribution in [1.29, 1.82) is 0 Å². The van der Waals surface area contributed by atoms with Crippen molar-refractivity contribution in [2.24, 2.45) is 5.41 Å². The van der Waals surface area contributed by atoms with Gasteiger partial charge in [-0.1, -0.05) is 27.7 Å². The molecule has 1 atom stereocenters. The highest BCUT2D eigenvalue weighted by Crippen LogP contribution is 2.25. The van der Waals surface area contributed by atoms with Gasteiger partial charge in [0.15, 0.2) is 0 Å². The smallest absolute Gasteiger partial charge is 0.123 e. The highest BCUT2D eigenvalue weighted by molar-refractivity contribution is 4.95. The zero-order valence-corrected chi connectivity index (χ0v) is 10.3. The normalized spacial score (nSPS) is 14.1. The van der Waals surface area contributed by atoms with Crippen molar-refractivity contribution < 1.29 is 0 Å². The second-order valence-electron chi connectivity index (χ2n) is 5.18. The van der Waals surface area contributed by atoms with Gasteiger partial charge in [-0.05, 0) is 24.8 Å². The molecule has 3 nitrogen and oxygen atoms in total. The molecule has 0 bridgehead atoms. The maximum atomic E-state index is 4.32. The minimum atomic E-state index is 0.365. The molecule has 0 saturated carbocycles. The van der Waals surface area contributed by atoms with Gasteiger partial charge in [0, 0.05) is 12.4 Å². The number of aromatic nitrogens is 2. The Hall–Kier alpha value is -0.830. The highest BCUT2D eigenvalue weighted by Gasteiger charge is 2.17. The Morgan fingerprint density at radius 1 is 1.47 bits per heavy atom. The zero-order chi connectivity index (χ0) is 11.3. The van der Waals surface area contributed by atoms with E-state index in [1.165, 1.54) is 6.42 Å². The van der Waals surface area contributed by atoms with Gasteiger partial charge >= 0.3 is 0 Å². The molecule has 0 saturated heterocycles. The van der Waals surface area contributed by atoms with E-state index in [4.69, 9.17) is 0 Å². The molecule has 1 unspecified atom stereocenters. The average molecular weight is 209 g/mol. The third-order valence-electron chi connectivity index (χ3n) is 2.48. The minimum Gasteiger partial charge on any atom is -0.347 e. The lowest BCUT2D eigenvalue weighted by Gasteiger charge is -2.22. The van der Waals surface area contributed by atoms with E-state index in [1.54, 1.807) is 0 Å². The molecule has 0 aliphatic carbocycles. The van der Waals surface area contributed by atoms with Gasteiger partial charge in [0.1, 0.15) is 5.82 Å². The first kappa shape index (κ1) is 12.2. The summed E-state index contributed by atoms with van der Waals surface area (Å²) in [5, 5.41) is 3.46. The van der Waals surface area contributed by atoms with Crippen LogP contribution < -0.4 is 5.32 Å². The molecule has 15 heavy (non-hydrogen) atoms. The van der Waals surface area contributed by atoms with Crippen molar-refractivity contribution in [3.8, 4) is 0 Å². The Kier molecular flexibility index (Phi) is 4.33. The van der Waals surface area contributed by atoms with E-state index in [0.29, 0.717) is 11.5 Å². The van der Waals surface area contributed by atoms with Crippen LogP contribution in [0.2, 0.25) is 0 Å². The molecule has 3 heteroatoms. The highest BCUT2D eigenvalue weighted by atomic mass is 15.0. The van der Waals surface area contributed by atoms with E-state index in [-0.39, 0.29) is 0 Å². The molecule has 0 fully saturated rings. The fourth-order valence-electron chi connectivity index (χ4n) is 1.63. The van der Waals surface area contributed by atoms with E-state index in [0.717, 1.165) is 18.8 Å². The number of H-pyrrole nitrogens is 1. The van der Waals surface area contributed by atoms with Gasteiger partial charge in [-0.15, -0.1) is 0 Å². The maximum Gasteiger partial charge on any atom is 0.123 e. The van der Waals surface area contributed by atoms with Crippen LogP contribution in [0, 0.1) is 5.41 Å². The number of aromatic amines is 1. The topological polar surface area (TPSA) is 40.7 Å². The fourth-order valence-corrected chi connectivity index (χ4v) is 1.63. The lowest BCUT2D eigenvalue weighted by atomic mass is 9.88. The average Bonchev–Trinajstić information content (AvgIpc) is 2.63.